The molecule has 4 aromatic rings. The number of aromatic amines is 1. The summed E-state index contributed by atoms with van der Waals surface area (Å²) in [7, 11) is 0. The molecule has 1 aliphatic heterocycles. The highest BCUT2D eigenvalue weighted by atomic mass is 35.5. The SMILES string of the molecule is Cc1nn(-c2nc3ccc(Cl)c(Cl)c3[nH]2)c(O)c1C1OC(=O)c2ccccc21. The zero-order chi connectivity index (χ0) is 19.6. The molecule has 0 fully saturated rings. The molecule has 2 aromatic heterocycles. The van der Waals surface area contributed by atoms with Crippen LogP contribution >= 0.6 is 23.2 Å². The van der Waals surface area contributed by atoms with Gasteiger partial charge in [-0.1, -0.05) is 41.4 Å². The van der Waals surface area contributed by atoms with Crippen LogP contribution in [0.1, 0.15) is 33.3 Å². The number of nitrogens with zero attached hydrogens (tertiary/aromatic N) is 3. The lowest BCUT2D eigenvalue weighted by atomic mass is 9.99. The molecule has 28 heavy (non-hydrogen) atoms. The van der Waals surface area contributed by atoms with Crippen LogP contribution in [0.25, 0.3) is 17.0 Å². The maximum atomic E-state index is 12.2. The molecule has 9 heteroatoms. The van der Waals surface area contributed by atoms with Crippen molar-refractivity contribution in [1.82, 2.24) is 19.7 Å². The van der Waals surface area contributed by atoms with Gasteiger partial charge in [-0.3, -0.25) is 0 Å². The van der Waals surface area contributed by atoms with E-state index in [1.54, 1.807) is 37.3 Å². The highest BCUT2D eigenvalue weighted by molar-refractivity contribution is 6.44. The summed E-state index contributed by atoms with van der Waals surface area (Å²) >= 11 is 12.3. The summed E-state index contributed by atoms with van der Waals surface area (Å²) < 4.78 is 6.75. The molecule has 1 unspecified atom stereocenters. The van der Waals surface area contributed by atoms with E-state index in [1.165, 1.54) is 4.68 Å². The number of hydrogen-bond acceptors (Lipinski definition) is 5. The smallest absolute Gasteiger partial charge is 0.339 e. The topological polar surface area (TPSA) is 93.0 Å². The molecule has 2 N–H and O–H groups in total. The van der Waals surface area contributed by atoms with Crippen molar-refractivity contribution in [3.63, 3.8) is 0 Å². The van der Waals surface area contributed by atoms with Gasteiger partial charge < -0.3 is 14.8 Å². The van der Waals surface area contributed by atoms with Crippen LogP contribution in [0.5, 0.6) is 5.88 Å². The van der Waals surface area contributed by atoms with Crippen LogP contribution in [0.15, 0.2) is 36.4 Å². The number of H-pyrrole nitrogens is 1. The van der Waals surface area contributed by atoms with Gasteiger partial charge in [-0.15, -0.1) is 0 Å². The van der Waals surface area contributed by atoms with Crippen LogP contribution < -0.4 is 0 Å². The van der Waals surface area contributed by atoms with Crippen LogP contribution in [-0.4, -0.2) is 30.8 Å². The molecule has 0 aliphatic carbocycles. The summed E-state index contributed by atoms with van der Waals surface area (Å²) in [5.74, 6) is -0.339. The van der Waals surface area contributed by atoms with Crippen molar-refractivity contribution in [2.45, 2.75) is 13.0 Å². The molecular formula is C19H12Cl2N4O3. The summed E-state index contributed by atoms with van der Waals surface area (Å²) in [5.41, 5.74) is 3.20. The molecule has 0 amide bonds. The standard InChI is InChI=1S/C19H12Cl2N4O3/c1-8-13(16-9-4-2-3-5-10(9)18(27)28-16)17(26)25(24-8)19-22-12-7-6-11(20)14(21)15(12)23-19/h2-7,16,26H,1H3,(H,22,23). The number of carbonyl (C=O) groups is 1. The number of benzene rings is 2. The number of halogens is 2. The molecule has 5 rings (SSSR count). The maximum Gasteiger partial charge on any atom is 0.339 e. The van der Waals surface area contributed by atoms with Crippen LogP contribution in [0.3, 0.4) is 0 Å². The second-order valence-electron chi connectivity index (χ2n) is 6.42. The average Bonchev–Trinajstić information content (AvgIpc) is 3.33. The number of rotatable bonds is 2. The fraction of sp³-hybridized carbons (Fsp3) is 0.105. The monoisotopic (exact) mass is 414 g/mol. The first-order valence-corrected chi connectivity index (χ1v) is 9.13. The molecule has 140 valence electrons. The molecule has 0 bridgehead atoms. The summed E-state index contributed by atoms with van der Waals surface area (Å²) in [6.07, 6.45) is -0.736. The Hall–Kier alpha value is -3.03. The Bertz CT molecular complexity index is 1280. The minimum atomic E-state index is -0.736. The average molecular weight is 415 g/mol. The number of imidazole rings is 1. The molecule has 0 saturated carbocycles. The third-order valence-electron chi connectivity index (χ3n) is 4.77. The summed E-state index contributed by atoms with van der Waals surface area (Å²) in [6, 6.07) is 10.4. The Kier molecular flexibility index (Phi) is 3.65. The van der Waals surface area contributed by atoms with Gasteiger partial charge in [0, 0.05) is 5.56 Å². The van der Waals surface area contributed by atoms with E-state index >= 15 is 0 Å². The molecule has 0 radical (unpaired) electrons. The number of ether oxygens (including phenoxy) is 1. The zero-order valence-corrected chi connectivity index (χ0v) is 15.9. The van der Waals surface area contributed by atoms with Crippen molar-refractivity contribution < 1.29 is 14.6 Å². The van der Waals surface area contributed by atoms with Crippen molar-refractivity contribution in [3.8, 4) is 11.8 Å². The Labute approximate surface area is 168 Å². The third-order valence-corrected chi connectivity index (χ3v) is 5.57. The lowest BCUT2D eigenvalue weighted by Crippen LogP contribution is -2.02. The fourth-order valence-electron chi connectivity index (χ4n) is 3.45. The van der Waals surface area contributed by atoms with E-state index in [2.05, 4.69) is 15.1 Å². The molecule has 0 saturated heterocycles. The predicted molar refractivity (Wildman–Crippen MR) is 103 cm³/mol. The number of nitrogens with one attached hydrogen (secondary N) is 1. The molecule has 1 aliphatic rings. The number of aryl methyl sites for hydroxylation is 1. The van der Waals surface area contributed by atoms with E-state index in [0.717, 1.165) is 0 Å². The quantitative estimate of drug-likeness (QED) is 0.476. The number of aromatic nitrogens is 4. The van der Waals surface area contributed by atoms with Crippen molar-refractivity contribution >= 4 is 40.2 Å². The third kappa shape index (κ3) is 2.33. The second-order valence-corrected chi connectivity index (χ2v) is 7.21. The van der Waals surface area contributed by atoms with E-state index in [-0.39, 0.29) is 11.8 Å². The van der Waals surface area contributed by atoms with E-state index in [4.69, 9.17) is 27.9 Å². The molecule has 1 atom stereocenters. The van der Waals surface area contributed by atoms with Gasteiger partial charge in [-0.2, -0.15) is 9.78 Å². The first-order chi connectivity index (χ1) is 13.5. The van der Waals surface area contributed by atoms with E-state index in [1.807, 2.05) is 6.07 Å². The number of hydrogen-bond donors (Lipinski definition) is 2. The largest absolute Gasteiger partial charge is 0.493 e. The van der Waals surface area contributed by atoms with Crippen LogP contribution in [-0.2, 0) is 4.74 Å². The number of esters is 1. The molecule has 7 nitrogen and oxygen atoms in total. The molecule has 0 spiro atoms. The van der Waals surface area contributed by atoms with Gasteiger partial charge in [0.25, 0.3) is 0 Å². The highest BCUT2D eigenvalue weighted by Gasteiger charge is 2.37. The van der Waals surface area contributed by atoms with Crippen molar-refractivity contribution in [3.05, 3.63) is 68.8 Å². The molecular weight excluding hydrogens is 403 g/mol. The summed E-state index contributed by atoms with van der Waals surface area (Å²) in [4.78, 5) is 19.6. The van der Waals surface area contributed by atoms with Gasteiger partial charge in [-0.05, 0) is 25.1 Å². The first kappa shape index (κ1) is 17.1. The minimum absolute atomic E-state index is 0.173. The number of fused-ring (bicyclic) bond motifs is 2. The Morgan fingerprint density at radius 2 is 2.00 bits per heavy atom. The first-order valence-electron chi connectivity index (χ1n) is 8.38. The lowest BCUT2D eigenvalue weighted by molar-refractivity contribution is 0.0452. The van der Waals surface area contributed by atoms with E-state index in [9.17, 15) is 9.90 Å². The number of cyclic esters (lactones) is 1. The highest BCUT2D eigenvalue weighted by Crippen LogP contribution is 2.41. The van der Waals surface area contributed by atoms with Crippen LogP contribution in [0.2, 0.25) is 10.0 Å². The van der Waals surface area contributed by atoms with Gasteiger partial charge in [0.15, 0.2) is 6.10 Å². The number of aromatic hydroxyl groups is 1. The van der Waals surface area contributed by atoms with Gasteiger partial charge >= 0.3 is 5.97 Å². The van der Waals surface area contributed by atoms with Crippen molar-refractivity contribution in [2.75, 3.05) is 0 Å². The molecule has 2 aromatic carbocycles. The Morgan fingerprint density at radius 1 is 1.21 bits per heavy atom. The van der Waals surface area contributed by atoms with Crippen LogP contribution in [0.4, 0.5) is 0 Å². The lowest BCUT2D eigenvalue weighted by Gasteiger charge is -2.10. The second kappa shape index (κ2) is 5.98. The number of carbonyl (C=O) groups excluding carboxylic acids is 1. The fourth-order valence-corrected chi connectivity index (χ4v) is 3.81. The van der Waals surface area contributed by atoms with Crippen molar-refractivity contribution in [1.29, 1.82) is 0 Å². The van der Waals surface area contributed by atoms with Crippen LogP contribution in [0, 0.1) is 6.92 Å². The van der Waals surface area contributed by atoms with Gasteiger partial charge in [-0.25, -0.2) is 9.78 Å². The Morgan fingerprint density at radius 3 is 2.82 bits per heavy atom. The maximum absolute atomic E-state index is 12.2. The summed E-state index contributed by atoms with van der Waals surface area (Å²) in [6.45, 7) is 1.73. The predicted octanol–water partition coefficient (Wildman–Crippen LogP) is 4.33. The summed E-state index contributed by atoms with van der Waals surface area (Å²) in [5, 5.41) is 16.0. The zero-order valence-electron chi connectivity index (χ0n) is 14.4. The van der Waals surface area contributed by atoms with Gasteiger partial charge in [0.05, 0.1) is 37.9 Å². The van der Waals surface area contributed by atoms with Gasteiger partial charge in [0.2, 0.25) is 11.8 Å². The van der Waals surface area contributed by atoms with E-state index < -0.39 is 12.1 Å². The van der Waals surface area contributed by atoms with E-state index in [0.29, 0.717) is 43.5 Å². The Balaban J connectivity index is 1.66. The minimum Gasteiger partial charge on any atom is -0.493 e. The van der Waals surface area contributed by atoms with Crippen molar-refractivity contribution in [2.24, 2.45) is 0 Å². The van der Waals surface area contributed by atoms with Gasteiger partial charge in [0.1, 0.15) is 0 Å². The normalized spacial score (nSPS) is 15.8. The molecule has 3 heterocycles.